The average molecular weight is 303 g/mol. The fraction of sp³-hybridized carbons (Fsp3) is 0.417. The van der Waals surface area contributed by atoms with E-state index < -0.39 is 10.8 Å². The zero-order valence-electron chi connectivity index (χ0n) is 10.9. The molecule has 0 saturated carbocycles. The smallest absolute Gasteiger partial charge is 0.270 e. The lowest BCUT2D eigenvalue weighted by molar-refractivity contribution is -0.384. The second-order valence-electron chi connectivity index (χ2n) is 3.78. The van der Waals surface area contributed by atoms with Crippen molar-refractivity contribution in [1.29, 1.82) is 0 Å². The summed E-state index contributed by atoms with van der Waals surface area (Å²) in [6.45, 7) is 1.60. The van der Waals surface area contributed by atoms with Gasteiger partial charge in [0.25, 0.3) is 11.6 Å². The fourth-order valence-corrected chi connectivity index (χ4v) is 1.64. The molecule has 1 N–H and O–H groups in total. The lowest BCUT2D eigenvalue weighted by Gasteiger charge is -2.07. The number of non-ortho nitro benzene ring substituents is 1. The summed E-state index contributed by atoms with van der Waals surface area (Å²) in [7, 11) is 1.57. The van der Waals surface area contributed by atoms with Crippen LogP contribution in [0.4, 0.5) is 5.69 Å². The van der Waals surface area contributed by atoms with E-state index in [1.165, 1.54) is 12.1 Å². The number of ether oxygens (including phenoxy) is 2. The van der Waals surface area contributed by atoms with Crippen LogP contribution in [-0.2, 0) is 9.47 Å². The predicted octanol–water partition coefficient (Wildman–Crippen LogP) is 1.64. The van der Waals surface area contributed by atoms with Gasteiger partial charge in [0.2, 0.25) is 0 Å². The summed E-state index contributed by atoms with van der Waals surface area (Å²) in [5.41, 5.74) is 0.0311. The van der Waals surface area contributed by atoms with Crippen molar-refractivity contribution in [2.45, 2.75) is 0 Å². The Morgan fingerprint density at radius 3 is 2.75 bits per heavy atom. The molecule has 0 spiro atoms. The molecule has 0 fully saturated rings. The van der Waals surface area contributed by atoms with Crippen LogP contribution in [0.3, 0.4) is 0 Å². The number of carbonyl (C=O) groups excluding carboxylic acids is 1. The molecule has 0 radical (unpaired) electrons. The van der Waals surface area contributed by atoms with Gasteiger partial charge >= 0.3 is 0 Å². The first-order valence-electron chi connectivity index (χ1n) is 5.85. The Balaban J connectivity index is 2.45. The number of hydrogen-bond acceptors (Lipinski definition) is 5. The largest absolute Gasteiger partial charge is 0.382 e. The van der Waals surface area contributed by atoms with Crippen LogP contribution in [-0.4, -0.2) is 44.3 Å². The summed E-state index contributed by atoms with van der Waals surface area (Å²) >= 11 is 5.84. The maximum Gasteiger partial charge on any atom is 0.270 e. The maximum absolute atomic E-state index is 11.8. The van der Waals surface area contributed by atoms with Crippen molar-refractivity contribution in [3.63, 3.8) is 0 Å². The van der Waals surface area contributed by atoms with Crippen LogP contribution in [0.2, 0.25) is 5.02 Å². The standard InChI is InChI=1S/C12H15ClN2O5/c1-19-6-7-20-5-4-14-12(16)10-3-2-9(15(17)18)8-11(10)13/h2-3,8H,4-7H2,1H3,(H,14,16). The lowest BCUT2D eigenvalue weighted by atomic mass is 10.2. The first kappa shape index (κ1) is 16.4. The maximum atomic E-state index is 11.8. The number of hydrogen-bond donors (Lipinski definition) is 1. The zero-order chi connectivity index (χ0) is 15.0. The average Bonchev–Trinajstić information content (AvgIpc) is 2.42. The number of methoxy groups -OCH3 is 1. The van der Waals surface area contributed by atoms with E-state index in [1.54, 1.807) is 7.11 Å². The monoisotopic (exact) mass is 302 g/mol. The van der Waals surface area contributed by atoms with Crippen LogP contribution in [0, 0.1) is 10.1 Å². The van der Waals surface area contributed by atoms with Crippen LogP contribution in [0.1, 0.15) is 10.4 Å². The highest BCUT2D eigenvalue weighted by Crippen LogP contribution is 2.22. The van der Waals surface area contributed by atoms with Gasteiger partial charge in [-0.3, -0.25) is 14.9 Å². The number of halogens is 1. The Morgan fingerprint density at radius 1 is 1.40 bits per heavy atom. The third kappa shape index (κ3) is 5.12. The van der Waals surface area contributed by atoms with Gasteiger partial charge in [0.05, 0.1) is 35.3 Å². The highest BCUT2D eigenvalue weighted by Gasteiger charge is 2.14. The molecule has 1 aromatic rings. The molecule has 0 saturated heterocycles. The molecule has 20 heavy (non-hydrogen) atoms. The number of amides is 1. The number of benzene rings is 1. The Bertz CT molecular complexity index is 481. The van der Waals surface area contributed by atoms with E-state index in [4.69, 9.17) is 21.1 Å². The lowest BCUT2D eigenvalue weighted by Crippen LogP contribution is -2.27. The van der Waals surface area contributed by atoms with Gasteiger partial charge < -0.3 is 14.8 Å². The third-order valence-electron chi connectivity index (χ3n) is 2.37. The molecule has 1 amide bonds. The quantitative estimate of drug-likeness (QED) is 0.448. The van der Waals surface area contributed by atoms with Gasteiger partial charge in [0, 0.05) is 25.8 Å². The van der Waals surface area contributed by atoms with E-state index in [-0.39, 0.29) is 16.3 Å². The molecular weight excluding hydrogens is 288 g/mol. The summed E-state index contributed by atoms with van der Waals surface area (Å²) in [6.07, 6.45) is 0. The molecule has 7 nitrogen and oxygen atoms in total. The molecule has 8 heteroatoms. The minimum atomic E-state index is -0.572. The third-order valence-corrected chi connectivity index (χ3v) is 2.68. The molecule has 110 valence electrons. The molecule has 0 aliphatic rings. The van der Waals surface area contributed by atoms with Gasteiger partial charge in [-0.1, -0.05) is 11.6 Å². The Kier molecular flexibility index (Phi) is 6.92. The van der Waals surface area contributed by atoms with Crippen molar-refractivity contribution in [3.05, 3.63) is 38.9 Å². The van der Waals surface area contributed by atoms with E-state index in [9.17, 15) is 14.9 Å². The first-order chi connectivity index (χ1) is 9.56. The molecule has 1 aromatic carbocycles. The van der Waals surface area contributed by atoms with Crippen molar-refractivity contribution < 1.29 is 19.2 Å². The van der Waals surface area contributed by atoms with Crippen molar-refractivity contribution in [2.24, 2.45) is 0 Å². The van der Waals surface area contributed by atoms with Crippen LogP contribution in [0.5, 0.6) is 0 Å². The first-order valence-corrected chi connectivity index (χ1v) is 6.23. The summed E-state index contributed by atoms with van der Waals surface area (Å²) < 4.78 is 9.98. The number of nitro benzene ring substituents is 1. The van der Waals surface area contributed by atoms with E-state index in [1.807, 2.05) is 0 Å². The molecule has 0 aromatic heterocycles. The minimum Gasteiger partial charge on any atom is -0.382 e. The summed E-state index contributed by atoms with van der Waals surface area (Å²) in [4.78, 5) is 21.8. The fourth-order valence-electron chi connectivity index (χ4n) is 1.38. The second kappa shape index (κ2) is 8.47. The molecule has 0 heterocycles. The number of nitrogens with one attached hydrogen (secondary N) is 1. The van der Waals surface area contributed by atoms with Gasteiger partial charge in [-0.2, -0.15) is 0 Å². The van der Waals surface area contributed by atoms with E-state index in [0.717, 1.165) is 6.07 Å². The van der Waals surface area contributed by atoms with Gasteiger partial charge in [-0.15, -0.1) is 0 Å². The van der Waals surface area contributed by atoms with E-state index in [0.29, 0.717) is 26.4 Å². The van der Waals surface area contributed by atoms with Gasteiger partial charge in [-0.05, 0) is 6.07 Å². The summed E-state index contributed by atoms with van der Waals surface area (Å²) in [6, 6.07) is 3.70. The van der Waals surface area contributed by atoms with Crippen molar-refractivity contribution in [2.75, 3.05) is 33.5 Å². The van der Waals surface area contributed by atoms with E-state index >= 15 is 0 Å². The molecule has 0 bridgehead atoms. The van der Waals surface area contributed by atoms with Crippen molar-refractivity contribution in [3.8, 4) is 0 Å². The second-order valence-corrected chi connectivity index (χ2v) is 4.19. The summed E-state index contributed by atoms with van der Waals surface area (Å²) in [5.74, 6) is -0.403. The molecular formula is C12H15ClN2O5. The highest BCUT2D eigenvalue weighted by molar-refractivity contribution is 6.34. The number of nitro groups is 1. The van der Waals surface area contributed by atoms with Gasteiger partial charge in [0.15, 0.2) is 0 Å². The molecule has 1 rings (SSSR count). The molecule has 0 aliphatic heterocycles. The van der Waals surface area contributed by atoms with E-state index in [2.05, 4.69) is 5.32 Å². The van der Waals surface area contributed by atoms with Crippen LogP contribution in [0.15, 0.2) is 18.2 Å². The Morgan fingerprint density at radius 2 is 2.15 bits per heavy atom. The van der Waals surface area contributed by atoms with Crippen LogP contribution < -0.4 is 5.32 Å². The van der Waals surface area contributed by atoms with Crippen molar-refractivity contribution >= 4 is 23.2 Å². The van der Waals surface area contributed by atoms with Gasteiger partial charge in [0.1, 0.15) is 0 Å². The molecule has 0 aliphatic carbocycles. The van der Waals surface area contributed by atoms with Crippen LogP contribution in [0.25, 0.3) is 0 Å². The number of carbonyl (C=O) groups is 1. The predicted molar refractivity (Wildman–Crippen MR) is 73.1 cm³/mol. The topological polar surface area (TPSA) is 90.7 Å². The van der Waals surface area contributed by atoms with Crippen molar-refractivity contribution in [1.82, 2.24) is 5.32 Å². The summed E-state index contributed by atoms with van der Waals surface area (Å²) in [5, 5.41) is 13.2. The van der Waals surface area contributed by atoms with Crippen LogP contribution >= 0.6 is 11.6 Å². The zero-order valence-corrected chi connectivity index (χ0v) is 11.7. The van der Waals surface area contributed by atoms with Gasteiger partial charge in [-0.25, -0.2) is 0 Å². The number of rotatable bonds is 8. The minimum absolute atomic E-state index is 0.0389. The normalized spacial score (nSPS) is 10.3. The molecule has 0 unspecified atom stereocenters. The Labute approximate surface area is 121 Å². The number of nitrogens with zero attached hydrogens (tertiary/aromatic N) is 1. The Hall–Kier alpha value is -1.70. The highest BCUT2D eigenvalue weighted by atomic mass is 35.5. The SMILES string of the molecule is COCCOCCNC(=O)c1ccc([N+](=O)[O-])cc1Cl. The molecule has 0 atom stereocenters.